The van der Waals surface area contributed by atoms with E-state index in [0.29, 0.717) is 37.2 Å². The lowest BCUT2D eigenvalue weighted by atomic mass is 10.1. The Morgan fingerprint density at radius 2 is 2.35 bits per heavy atom. The fraction of sp³-hybridized carbons (Fsp3) is 0.533. The summed E-state index contributed by atoms with van der Waals surface area (Å²) in [7, 11) is 1.56. The second kappa shape index (κ2) is 6.51. The van der Waals surface area contributed by atoms with Crippen molar-refractivity contribution < 1.29 is 18.8 Å². The molecule has 1 N–H and O–H groups in total. The SMILES string of the molecule is COCc1nc(C2COCCN2C(=O)c2[nH]c(C)cc2C)no1. The molecule has 0 spiro atoms. The number of methoxy groups -OCH3 is 1. The van der Waals surface area contributed by atoms with Gasteiger partial charge in [-0.1, -0.05) is 5.16 Å². The molecule has 1 fully saturated rings. The van der Waals surface area contributed by atoms with E-state index in [1.807, 2.05) is 19.9 Å². The average molecular weight is 320 g/mol. The number of nitrogens with zero attached hydrogens (tertiary/aromatic N) is 3. The van der Waals surface area contributed by atoms with Crippen molar-refractivity contribution in [1.82, 2.24) is 20.0 Å². The number of aryl methyl sites for hydroxylation is 2. The Kier molecular flexibility index (Phi) is 4.44. The van der Waals surface area contributed by atoms with Crippen LogP contribution < -0.4 is 0 Å². The molecular weight excluding hydrogens is 300 g/mol. The maximum atomic E-state index is 12.9. The van der Waals surface area contributed by atoms with Gasteiger partial charge in [0, 0.05) is 19.3 Å². The van der Waals surface area contributed by atoms with Crippen LogP contribution in [-0.4, -0.2) is 52.8 Å². The van der Waals surface area contributed by atoms with Crippen LogP contribution in [0.1, 0.15) is 39.5 Å². The first kappa shape index (κ1) is 15.7. The van der Waals surface area contributed by atoms with Crippen molar-refractivity contribution in [1.29, 1.82) is 0 Å². The Morgan fingerprint density at radius 3 is 3.04 bits per heavy atom. The fourth-order valence-electron chi connectivity index (χ4n) is 2.74. The van der Waals surface area contributed by atoms with Crippen LogP contribution in [-0.2, 0) is 16.1 Å². The standard InChI is InChI=1S/C15H20N4O4/c1-9-6-10(2)16-13(9)15(20)19-4-5-22-7-11(19)14-17-12(8-21-3)23-18-14/h6,11,16H,4-5,7-8H2,1-3H3. The van der Waals surface area contributed by atoms with Gasteiger partial charge in [-0.3, -0.25) is 4.79 Å². The molecule has 0 bridgehead atoms. The molecule has 8 nitrogen and oxygen atoms in total. The minimum absolute atomic E-state index is 0.0815. The van der Waals surface area contributed by atoms with Gasteiger partial charge in [-0.05, 0) is 25.5 Å². The van der Waals surface area contributed by atoms with Crippen molar-refractivity contribution in [2.24, 2.45) is 0 Å². The lowest BCUT2D eigenvalue weighted by molar-refractivity contribution is -0.00608. The number of H-pyrrole nitrogens is 1. The zero-order chi connectivity index (χ0) is 16.4. The summed E-state index contributed by atoms with van der Waals surface area (Å²) in [5.41, 5.74) is 2.47. The summed E-state index contributed by atoms with van der Waals surface area (Å²) in [5.74, 6) is 0.736. The second-order valence-electron chi connectivity index (χ2n) is 5.58. The largest absolute Gasteiger partial charge is 0.377 e. The van der Waals surface area contributed by atoms with Crippen LogP contribution in [0.25, 0.3) is 0 Å². The summed E-state index contributed by atoms with van der Waals surface area (Å²) >= 11 is 0. The summed E-state index contributed by atoms with van der Waals surface area (Å²) in [6.07, 6.45) is 0. The Hall–Kier alpha value is -2.19. The van der Waals surface area contributed by atoms with E-state index in [1.165, 1.54) is 0 Å². The molecule has 2 aromatic rings. The number of hydrogen-bond donors (Lipinski definition) is 1. The summed E-state index contributed by atoms with van der Waals surface area (Å²) < 4.78 is 15.6. The van der Waals surface area contributed by atoms with Crippen LogP contribution in [0, 0.1) is 13.8 Å². The van der Waals surface area contributed by atoms with Gasteiger partial charge < -0.3 is 23.9 Å². The van der Waals surface area contributed by atoms with E-state index < -0.39 is 0 Å². The Morgan fingerprint density at radius 1 is 1.52 bits per heavy atom. The number of hydrogen-bond acceptors (Lipinski definition) is 6. The molecule has 8 heteroatoms. The van der Waals surface area contributed by atoms with Crippen LogP contribution in [0.15, 0.2) is 10.6 Å². The number of aromatic amines is 1. The minimum Gasteiger partial charge on any atom is -0.377 e. The lowest BCUT2D eigenvalue weighted by Crippen LogP contribution is -2.44. The van der Waals surface area contributed by atoms with E-state index in [-0.39, 0.29) is 18.6 Å². The normalized spacial score (nSPS) is 18.4. The van der Waals surface area contributed by atoms with Crippen molar-refractivity contribution in [2.45, 2.75) is 26.5 Å². The molecule has 1 amide bonds. The van der Waals surface area contributed by atoms with E-state index in [0.717, 1.165) is 11.3 Å². The molecule has 1 saturated heterocycles. The van der Waals surface area contributed by atoms with Crippen LogP contribution in [0.4, 0.5) is 0 Å². The zero-order valence-electron chi connectivity index (χ0n) is 13.5. The van der Waals surface area contributed by atoms with Crippen molar-refractivity contribution >= 4 is 5.91 Å². The maximum Gasteiger partial charge on any atom is 0.271 e. The lowest BCUT2D eigenvalue weighted by Gasteiger charge is -2.33. The van der Waals surface area contributed by atoms with E-state index >= 15 is 0 Å². The van der Waals surface area contributed by atoms with Crippen LogP contribution in [0.2, 0.25) is 0 Å². The van der Waals surface area contributed by atoms with E-state index in [4.69, 9.17) is 14.0 Å². The highest BCUT2D eigenvalue weighted by atomic mass is 16.5. The quantitative estimate of drug-likeness (QED) is 0.914. The molecular formula is C15H20N4O4. The van der Waals surface area contributed by atoms with Gasteiger partial charge in [0.2, 0.25) is 0 Å². The number of aromatic nitrogens is 3. The van der Waals surface area contributed by atoms with Gasteiger partial charge in [0.15, 0.2) is 5.82 Å². The highest BCUT2D eigenvalue weighted by Crippen LogP contribution is 2.25. The summed E-state index contributed by atoms with van der Waals surface area (Å²) in [6.45, 7) is 5.40. The molecule has 0 aromatic carbocycles. The predicted molar refractivity (Wildman–Crippen MR) is 79.9 cm³/mol. The summed E-state index contributed by atoms with van der Waals surface area (Å²) in [6, 6.07) is 1.59. The topological polar surface area (TPSA) is 93.5 Å². The van der Waals surface area contributed by atoms with Gasteiger partial charge in [-0.15, -0.1) is 0 Å². The molecule has 23 heavy (non-hydrogen) atoms. The number of nitrogens with one attached hydrogen (secondary N) is 1. The van der Waals surface area contributed by atoms with E-state index in [1.54, 1.807) is 12.0 Å². The first-order valence-corrected chi connectivity index (χ1v) is 7.46. The smallest absolute Gasteiger partial charge is 0.271 e. The fourth-order valence-corrected chi connectivity index (χ4v) is 2.74. The number of amides is 1. The summed E-state index contributed by atoms with van der Waals surface area (Å²) in [4.78, 5) is 22.0. The first-order valence-electron chi connectivity index (χ1n) is 7.46. The first-order chi connectivity index (χ1) is 11.1. The van der Waals surface area contributed by atoms with Gasteiger partial charge in [-0.2, -0.15) is 4.98 Å². The van der Waals surface area contributed by atoms with Gasteiger partial charge >= 0.3 is 0 Å². The van der Waals surface area contributed by atoms with Crippen molar-refractivity contribution in [2.75, 3.05) is 26.9 Å². The van der Waals surface area contributed by atoms with Gasteiger partial charge in [-0.25, -0.2) is 0 Å². The van der Waals surface area contributed by atoms with Gasteiger partial charge in [0.05, 0.1) is 13.2 Å². The highest BCUT2D eigenvalue weighted by Gasteiger charge is 2.33. The predicted octanol–water partition coefficient (Wildman–Crippen LogP) is 1.37. The molecule has 1 aliphatic rings. The van der Waals surface area contributed by atoms with Crippen LogP contribution in [0.3, 0.4) is 0 Å². The van der Waals surface area contributed by atoms with Crippen LogP contribution in [0.5, 0.6) is 0 Å². The van der Waals surface area contributed by atoms with Gasteiger partial charge in [0.25, 0.3) is 11.8 Å². The second-order valence-corrected chi connectivity index (χ2v) is 5.58. The highest BCUT2D eigenvalue weighted by molar-refractivity contribution is 5.94. The number of carbonyl (C=O) groups is 1. The minimum atomic E-state index is -0.367. The molecule has 1 atom stereocenters. The molecule has 1 unspecified atom stereocenters. The molecule has 3 heterocycles. The number of ether oxygens (including phenoxy) is 2. The van der Waals surface area contributed by atoms with Crippen molar-refractivity contribution in [3.05, 3.63) is 34.7 Å². The maximum absolute atomic E-state index is 12.9. The third-order valence-electron chi connectivity index (χ3n) is 3.80. The zero-order valence-corrected chi connectivity index (χ0v) is 13.5. The molecule has 3 rings (SSSR count). The Bertz CT molecular complexity index is 693. The third kappa shape index (κ3) is 3.13. The summed E-state index contributed by atoms with van der Waals surface area (Å²) in [5, 5.41) is 3.96. The molecule has 124 valence electrons. The van der Waals surface area contributed by atoms with Gasteiger partial charge in [0.1, 0.15) is 18.3 Å². The van der Waals surface area contributed by atoms with Crippen molar-refractivity contribution in [3.63, 3.8) is 0 Å². The number of morpholine rings is 1. The molecule has 0 saturated carbocycles. The van der Waals surface area contributed by atoms with E-state index in [9.17, 15) is 4.79 Å². The number of rotatable bonds is 4. The average Bonchev–Trinajstić information content (AvgIpc) is 3.13. The molecule has 2 aromatic heterocycles. The monoisotopic (exact) mass is 320 g/mol. The molecule has 0 radical (unpaired) electrons. The van der Waals surface area contributed by atoms with Crippen molar-refractivity contribution in [3.8, 4) is 0 Å². The Labute approximate surface area is 133 Å². The van der Waals surface area contributed by atoms with E-state index in [2.05, 4.69) is 15.1 Å². The number of carbonyl (C=O) groups excluding carboxylic acids is 1. The van der Waals surface area contributed by atoms with Crippen LogP contribution >= 0.6 is 0 Å². The Balaban J connectivity index is 1.86. The third-order valence-corrected chi connectivity index (χ3v) is 3.80. The molecule has 1 aliphatic heterocycles. The molecule has 0 aliphatic carbocycles.